The smallest absolute Gasteiger partial charge is 0.273 e. The van der Waals surface area contributed by atoms with Crippen molar-refractivity contribution in [3.63, 3.8) is 0 Å². The Kier molecular flexibility index (Phi) is 8.78. The van der Waals surface area contributed by atoms with Gasteiger partial charge < -0.3 is 24.3 Å². The summed E-state index contributed by atoms with van der Waals surface area (Å²) < 4.78 is 25.1. The van der Waals surface area contributed by atoms with E-state index in [-0.39, 0.29) is 47.8 Å². The van der Waals surface area contributed by atoms with Gasteiger partial charge >= 0.3 is 0 Å². The summed E-state index contributed by atoms with van der Waals surface area (Å²) in [5.41, 5.74) is 3.11. The number of hydrogen-bond donors (Lipinski definition) is 1. The van der Waals surface area contributed by atoms with Gasteiger partial charge in [-0.05, 0) is 67.4 Å². The van der Waals surface area contributed by atoms with Crippen molar-refractivity contribution in [1.29, 1.82) is 0 Å². The van der Waals surface area contributed by atoms with E-state index in [1.54, 1.807) is 12.1 Å². The second-order valence-electron chi connectivity index (χ2n) is 10.2. The van der Waals surface area contributed by atoms with Crippen molar-refractivity contribution in [2.24, 2.45) is 5.92 Å². The minimum atomic E-state index is -0.339. The van der Waals surface area contributed by atoms with Crippen molar-refractivity contribution < 1.29 is 23.1 Å². The van der Waals surface area contributed by atoms with E-state index in [9.17, 15) is 14.0 Å². The Morgan fingerprint density at radius 1 is 1.21 bits per heavy atom. The van der Waals surface area contributed by atoms with Crippen molar-refractivity contribution in [2.45, 2.75) is 39.3 Å². The molecule has 1 aliphatic rings. The largest absolute Gasteiger partial charge is 0.484 e. The fourth-order valence-electron chi connectivity index (χ4n) is 4.53. The predicted molar refractivity (Wildman–Crippen MR) is 141 cm³/mol. The third kappa shape index (κ3) is 6.77. The fraction of sp³-hybridized carbons (Fsp3) is 0.414. The molecule has 9 heteroatoms. The van der Waals surface area contributed by atoms with Crippen LogP contribution < -0.4 is 10.1 Å². The van der Waals surface area contributed by atoms with Crippen LogP contribution in [0.3, 0.4) is 0 Å². The Balaban J connectivity index is 1.51. The third-order valence-electron chi connectivity index (χ3n) is 6.43. The van der Waals surface area contributed by atoms with Crippen LogP contribution in [0.1, 0.15) is 59.4 Å². The van der Waals surface area contributed by atoms with Gasteiger partial charge in [0.1, 0.15) is 17.8 Å². The van der Waals surface area contributed by atoms with Crippen LogP contribution in [0.4, 0.5) is 4.39 Å². The Morgan fingerprint density at radius 2 is 1.97 bits per heavy atom. The van der Waals surface area contributed by atoms with E-state index in [1.807, 2.05) is 55.9 Å². The summed E-state index contributed by atoms with van der Waals surface area (Å²) in [5, 5.41) is 2.80. The van der Waals surface area contributed by atoms with Crippen LogP contribution in [-0.2, 0) is 17.8 Å². The van der Waals surface area contributed by atoms with Crippen molar-refractivity contribution in [1.82, 2.24) is 20.1 Å². The molecule has 0 radical (unpaired) electrons. The molecule has 2 aromatic carbocycles. The minimum Gasteiger partial charge on any atom is -0.484 e. The number of hydrogen-bond acceptors (Lipinski definition) is 6. The van der Waals surface area contributed by atoms with Crippen molar-refractivity contribution >= 4 is 11.8 Å². The lowest BCUT2D eigenvalue weighted by molar-refractivity contribution is -0.134. The highest BCUT2D eigenvalue weighted by atomic mass is 19.1. The van der Waals surface area contributed by atoms with Gasteiger partial charge in [-0.3, -0.25) is 9.59 Å². The van der Waals surface area contributed by atoms with E-state index < -0.39 is 0 Å². The highest BCUT2D eigenvalue weighted by Crippen LogP contribution is 2.38. The molecule has 0 aliphatic carbocycles. The lowest BCUT2D eigenvalue weighted by Crippen LogP contribution is -2.41. The number of aromatic nitrogens is 1. The number of nitrogens with one attached hydrogen (secondary N) is 1. The van der Waals surface area contributed by atoms with Gasteiger partial charge in [0.15, 0.2) is 12.3 Å². The number of nitrogens with zero attached hydrogens (tertiary/aromatic N) is 3. The number of ether oxygens (including phenoxy) is 1. The Labute approximate surface area is 222 Å². The first-order chi connectivity index (χ1) is 18.2. The maximum absolute atomic E-state index is 13.7. The zero-order valence-electron chi connectivity index (χ0n) is 22.4. The van der Waals surface area contributed by atoms with Crippen LogP contribution >= 0.6 is 0 Å². The average Bonchev–Trinajstić information content (AvgIpc) is 3.36. The van der Waals surface area contributed by atoms with Gasteiger partial charge in [0, 0.05) is 26.1 Å². The summed E-state index contributed by atoms with van der Waals surface area (Å²) in [5.74, 6) is 0.548. The van der Waals surface area contributed by atoms with E-state index in [0.29, 0.717) is 25.3 Å². The zero-order chi connectivity index (χ0) is 27.2. The number of carbonyl (C=O) groups is 2. The summed E-state index contributed by atoms with van der Waals surface area (Å²) in [7, 11) is 3.86. The van der Waals surface area contributed by atoms with Crippen molar-refractivity contribution in [2.75, 3.05) is 33.7 Å². The Bertz CT molecular complexity index is 1260. The molecule has 0 saturated carbocycles. The van der Waals surface area contributed by atoms with Crippen LogP contribution in [0, 0.1) is 11.7 Å². The maximum atomic E-state index is 13.7. The number of oxazole rings is 1. The van der Waals surface area contributed by atoms with E-state index in [2.05, 4.69) is 10.3 Å². The molecule has 2 amide bonds. The van der Waals surface area contributed by atoms with Gasteiger partial charge in [-0.2, -0.15) is 0 Å². The molecule has 1 atom stereocenters. The summed E-state index contributed by atoms with van der Waals surface area (Å²) in [6, 6.07) is 11.8. The maximum Gasteiger partial charge on any atom is 0.273 e. The molecule has 4 rings (SSSR count). The number of fused-ring (bicyclic) bond motifs is 1. The Hall–Kier alpha value is -3.72. The molecule has 1 aromatic heterocycles. The SMILES string of the molecule is CC(C)CC(=O)N1CCc2ccc(OCc3nc(C(=O)NCCN(C)C)co3)cc2C1c1ccc(F)cc1. The van der Waals surface area contributed by atoms with Crippen molar-refractivity contribution in [3.05, 3.63) is 82.8 Å². The van der Waals surface area contributed by atoms with Crippen LogP contribution in [0.25, 0.3) is 0 Å². The second-order valence-corrected chi connectivity index (χ2v) is 10.2. The summed E-state index contributed by atoms with van der Waals surface area (Å²) in [6.45, 7) is 5.91. The molecule has 8 nitrogen and oxygen atoms in total. The molecule has 1 unspecified atom stereocenters. The quantitative estimate of drug-likeness (QED) is 0.429. The lowest BCUT2D eigenvalue weighted by atomic mass is 9.87. The molecule has 2 heterocycles. The molecule has 0 bridgehead atoms. The molecule has 0 spiro atoms. The molecular formula is C29H35FN4O4. The normalized spacial score (nSPS) is 15.0. The number of halogens is 1. The molecular weight excluding hydrogens is 487 g/mol. The molecule has 0 saturated heterocycles. The summed E-state index contributed by atoms with van der Waals surface area (Å²) >= 11 is 0. The molecule has 3 aromatic rings. The molecule has 0 fully saturated rings. The first-order valence-electron chi connectivity index (χ1n) is 12.9. The van der Waals surface area contributed by atoms with Gasteiger partial charge in [0.05, 0.1) is 6.04 Å². The first kappa shape index (κ1) is 27.3. The number of amides is 2. The lowest BCUT2D eigenvalue weighted by Gasteiger charge is -2.38. The van der Waals surface area contributed by atoms with Gasteiger partial charge in [-0.25, -0.2) is 9.37 Å². The molecule has 202 valence electrons. The van der Waals surface area contributed by atoms with Crippen LogP contribution in [0.2, 0.25) is 0 Å². The van der Waals surface area contributed by atoms with Gasteiger partial charge in [0.2, 0.25) is 11.8 Å². The predicted octanol–water partition coefficient (Wildman–Crippen LogP) is 4.20. The standard InChI is InChI=1S/C29H35FN4O4/c1-19(2)15-27(35)34-13-11-20-7-10-23(16-24(20)28(34)21-5-8-22(30)9-6-21)37-18-26-32-25(17-38-26)29(36)31-12-14-33(3)4/h5-10,16-17,19,28H,11-15,18H2,1-4H3,(H,31,36). The van der Waals surface area contributed by atoms with Crippen LogP contribution in [0.15, 0.2) is 53.1 Å². The number of rotatable bonds is 10. The fourth-order valence-corrected chi connectivity index (χ4v) is 4.53. The van der Waals surface area contributed by atoms with Gasteiger partial charge in [-0.15, -0.1) is 0 Å². The van der Waals surface area contributed by atoms with Crippen LogP contribution in [-0.4, -0.2) is 60.3 Å². The molecule has 1 N–H and O–H groups in total. The zero-order valence-corrected chi connectivity index (χ0v) is 22.4. The number of likely N-dealkylation sites (N-methyl/N-ethyl adjacent to an activating group) is 1. The third-order valence-corrected chi connectivity index (χ3v) is 6.43. The van der Waals surface area contributed by atoms with E-state index in [0.717, 1.165) is 29.7 Å². The Morgan fingerprint density at radius 3 is 2.68 bits per heavy atom. The average molecular weight is 523 g/mol. The monoisotopic (exact) mass is 522 g/mol. The van der Waals surface area contributed by atoms with E-state index >= 15 is 0 Å². The molecule has 38 heavy (non-hydrogen) atoms. The number of benzene rings is 2. The van der Waals surface area contributed by atoms with Gasteiger partial charge in [0.25, 0.3) is 5.91 Å². The van der Waals surface area contributed by atoms with E-state index in [1.165, 1.54) is 18.4 Å². The van der Waals surface area contributed by atoms with Crippen molar-refractivity contribution in [3.8, 4) is 5.75 Å². The van der Waals surface area contributed by atoms with Gasteiger partial charge in [-0.1, -0.05) is 32.0 Å². The van der Waals surface area contributed by atoms with E-state index in [4.69, 9.17) is 9.15 Å². The van der Waals surface area contributed by atoms with Crippen LogP contribution in [0.5, 0.6) is 5.75 Å². The molecule has 1 aliphatic heterocycles. The topological polar surface area (TPSA) is 87.9 Å². The highest BCUT2D eigenvalue weighted by molar-refractivity contribution is 5.91. The second kappa shape index (κ2) is 12.2. The first-order valence-corrected chi connectivity index (χ1v) is 12.9. The minimum absolute atomic E-state index is 0.0426. The summed E-state index contributed by atoms with van der Waals surface area (Å²) in [4.78, 5) is 33.6. The summed E-state index contributed by atoms with van der Waals surface area (Å²) in [6.07, 6.45) is 2.49. The highest BCUT2D eigenvalue weighted by Gasteiger charge is 2.32. The number of carbonyl (C=O) groups excluding carboxylic acids is 2.